The molecule has 1 aromatic carbocycles. The third-order valence-corrected chi connectivity index (χ3v) is 2.50. The first-order valence-corrected chi connectivity index (χ1v) is 4.51. The summed E-state index contributed by atoms with van der Waals surface area (Å²) in [4.78, 5) is 10.7. The fourth-order valence-corrected chi connectivity index (χ4v) is 1.68. The highest BCUT2D eigenvalue weighted by Crippen LogP contribution is 2.20. The number of rotatable bonds is 1. The maximum atomic E-state index is 12.9. The van der Waals surface area contributed by atoms with Gasteiger partial charge < -0.3 is 10.4 Å². The molecule has 2 rings (SSSR count). The number of benzene rings is 1. The Labute approximate surface area is 84.7 Å². The molecule has 0 saturated carbocycles. The Bertz CT molecular complexity index is 420. The van der Waals surface area contributed by atoms with Crippen LogP contribution >= 0.6 is 0 Å². The third-order valence-electron chi connectivity index (χ3n) is 2.50. The third kappa shape index (κ3) is 1.83. The zero-order valence-electron chi connectivity index (χ0n) is 7.76. The second-order valence-corrected chi connectivity index (χ2v) is 3.51. The second kappa shape index (κ2) is 3.58. The van der Waals surface area contributed by atoms with Crippen LogP contribution < -0.4 is 5.32 Å². The van der Waals surface area contributed by atoms with Crippen molar-refractivity contribution in [2.75, 3.05) is 0 Å². The number of carbonyl (C=O) groups is 1. The predicted molar refractivity (Wildman–Crippen MR) is 48.3 cm³/mol. The summed E-state index contributed by atoms with van der Waals surface area (Å²) in [7, 11) is 0. The number of carboxylic acids is 1. The van der Waals surface area contributed by atoms with Gasteiger partial charge in [-0.2, -0.15) is 0 Å². The average Bonchev–Trinajstić information content (AvgIpc) is 2.19. The summed E-state index contributed by atoms with van der Waals surface area (Å²) in [6, 6.07) is 1.46. The summed E-state index contributed by atoms with van der Waals surface area (Å²) < 4.78 is 25.7. The number of hydrogen-bond acceptors (Lipinski definition) is 2. The molecule has 1 aliphatic heterocycles. The van der Waals surface area contributed by atoms with Crippen LogP contribution in [0.5, 0.6) is 0 Å². The summed E-state index contributed by atoms with van der Waals surface area (Å²) in [5.41, 5.74) is 1.17. The Hall–Kier alpha value is -1.49. The molecule has 0 spiro atoms. The van der Waals surface area contributed by atoms with Crippen LogP contribution in [0.2, 0.25) is 0 Å². The molecule has 1 aromatic rings. The Balaban J connectivity index is 2.34. The molecular weight excluding hydrogens is 204 g/mol. The van der Waals surface area contributed by atoms with Crippen molar-refractivity contribution in [3.8, 4) is 0 Å². The van der Waals surface area contributed by atoms with E-state index in [0.717, 1.165) is 12.1 Å². The van der Waals surface area contributed by atoms with Gasteiger partial charge in [0.2, 0.25) is 0 Å². The van der Waals surface area contributed by atoms with Crippen molar-refractivity contribution in [3.05, 3.63) is 34.9 Å². The zero-order valence-corrected chi connectivity index (χ0v) is 7.76. The lowest BCUT2D eigenvalue weighted by Gasteiger charge is -2.23. The first-order valence-electron chi connectivity index (χ1n) is 4.51. The molecule has 0 unspecified atom stereocenters. The van der Waals surface area contributed by atoms with Gasteiger partial charge in [-0.3, -0.25) is 4.79 Å². The minimum atomic E-state index is -0.981. The summed E-state index contributed by atoms with van der Waals surface area (Å²) in [6.07, 6.45) is 0.182. The predicted octanol–water partition coefficient (Wildman–Crippen LogP) is 1.06. The van der Waals surface area contributed by atoms with Crippen LogP contribution in [0, 0.1) is 11.6 Å². The molecule has 0 fully saturated rings. The van der Waals surface area contributed by atoms with Crippen molar-refractivity contribution in [1.82, 2.24) is 5.32 Å². The highest BCUT2D eigenvalue weighted by Gasteiger charge is 2.24. The van der Waals surface area contributed by atoms with Gasteiger partial charge in [-0.15, -0.1) is 0 Å². The minimum absolute atomic E-state index is 0.182. The average molecular weight is 213 g/mol. The van der Waals surface area contributed by atoms with Gasteiger partial charge in [-0.1, -0.05) is 0 Å². The van der Waals surface area contributed by atoms with E-state index in [9.17, 15) is 13.6 Å². The molecule has 15 heavy (non-hydrogen) atoms. The van der Waals surface area contributed by atoms with Crippen molar-refractivity contribution < 1.29 is 18.7 Å². The number of carboxylic acid groups (broad SMARTS) is 1. The molecule has 0 aromatic heterocycles. The Morgan fingerprint density at radius 1 is 1.33 bits per heavy atom. The molecule has 0 amide bonds. The lowest BCUT2D eigenvalue weighted by molar-refractivity contribution is -0.139. The SMILES string of the molecule is O=C(O)[C@@H]1Cc2cc(F)c(F)cc2CN1. The van der Waals surface area contributed by atoms with Crippen LogP contribution in [0.1, 0.15) is 11.1 Å². The highest BCUT2D eigenvalue weighted by molar-refractivity contribution is 5.74. The first kappa shape index (κ1) is 10.0. The molecule has 3 nitrogen and oxygen atoms in total. The van der Waals surface area contributed by atoms with E-state index in [4.69, 9.17) is 5.11 Å². The van der Waals surface area contributed by atoms with Crippen LogP contribution in [-0.4, -0.2) is 17.1 Å². The molecule has 80 valence electrons. The first-order chi connectivity index (χ1) is 7.08. The Morgan fingerprint density at radius 2 is 1.93 bits per heavy atom. The van der Waals surface area contributed by atoms with E-state index in [1.165, 1.54) is 0 Å². The molecule has 0 saturated heterocycles. The molecule has 1 atom stereocenters. The van der Waals surface area contributed by atoms with Crippen LogP contribution in [0.15, 0.2) is 12.1 Å². The van der Waals surface area contributed by atoms with Crippen molar-refractivity contribution in [2.45, 2.75) is 19.0 Å². The number of nitrogens with one attached hydrogen (secondary N) is 1. The summed E-state index contributed by atoms with van der Waals surface area (Å²) >= 11 is 0. The van der Waals surface area contributed by atoms with E-state index in [1.54, 1.807) is 0 Å². The summed E-state index contributed by atoms with van der Waals surface area (Å²) in [5.74, 6) is -2.81. The van der Waals surface area contributed by atoms with Gasteiger partial charge in [0.15, 0.2) is 11.6 Å². The highest BCUT2D eigenvalue weighted by atomic mass is 19.2. The maximum Gasteiger partial charge on any atom is 0.321 e. The molecule has 1 heterocycles. The molecule has 0 aliphatic carbocycles. The lowest BCUT2D eigenvalue weighted by atomic mass is 9.95. The minimum Gasteiger partial charge on any atom is -0.480 e. The quantitative estimate of drug-likeness (QED) is 0.733. The van der Waals surface area contributed by atoms with Gasteiger partial charge in [0, 0.05) is 6.54 Å². The van der Waals surface area contributed by atoms with Gasteiger partial charge in [0.25, 0.3) is 0 Å². The molecule has 0 radical (unpaired) electrons. The van der Waals surface area contributed by atoms with E-state index in [1.807, 2.05) is 0 Å². The fraction of sp³-hybridized carbons (Fsp3) is 0.300. The number of hydrogen-bond donors (Lipinski definition) is 2. The van der Waals surface area contributed by atoms with Gasteiger partial charge in [0.1, 0.15) is 6.04 Å². The monoisotopic (exact) mass is 213 g/mol. The van der Waals surface area contributed by atoms with E-state index >= 15 is 0 Å². The maximum absolute atomic E-state index is 12.9. The lowest BCUT2D eigenvalue weighted by Crippen LogP contribution is -2.41. The smallest absolute Gasteiger partial charge is 0.321 e. The van der Waals surface area contributed by atoms with Crippen molar-refractivity contribution >= 4 is 5.97 Å². The van der Waals surface area contributed by atoms with E-state index in [-0.39, 0.29) is 13.0 Å². The second-order valence-electron chi connectivity index (χ2n) is 3.51. The van der Waals surface area contributed by atoms with E-state index in [0.29, 0.717) is 11.1 Å². The van der Waals surface area contributed by atoms with Gasteiger partial charge in [0.05, 0.1) is 0 Å². The largest absolute Gasteiger partial charge is 0.480 e. The van der Waals surface area contributed by atoms with Crippen LogP contribution in [0.4, 0.5) is 8.78 Å². The van der Waals surface area contributed by atoms with Gasteiger partial charge >= 0.3 is 5.97 Å². The number of fused-ring (bicyclic) bond motifs is 1. The fourth-order valence-electron chi connectivity index (χ4n) is 1.68. The topological polar surface area (TPSA) is 49.3 Å². The van der Waals surface area contributed by atoms with Crippen LogP contribution in [-0.2, 0) is 17.8 Å². The van der Waals surface area contributed by atoms with E-state index in [2.05, 4.69) is 5.32 Å². The molecule has 0 bridgehead atoms. The molecular formula is C10H9F2NO2. The molecule has 2 N–H and O–H groups in total. The summed E-state index contributed by atoms with van der Waals surface area (Å²) in [5, 5.41) is 11.5. The normalized spacial score (nSPS) is 19.7. The summed E-state index contributed by atoms with van der Waals surface area (Å²) in [6.45, 7) is 0.253. The number of aliphatic carboxylic acids is 1. The van der Waals surface area contributed by atoms with Gasteiger partial charge in [-0.25, -0.2) is 8.78 Å². The van der Waals surface area contributed by atoms with Gasteiger partial charge in [-0.05, 0) is 29.7 Å². The number of halogens is 2. The zero-order chi connectivity index (χ0) is 11.0. The van der Waals surface area contributed by atoms with Crippen LogP contribution in [0.25, 0.3) is 0 Å². The molecule has 1 aliphatic rings. The Kier molecular flexibility index (Phi) is 2.40. The van der Waals surface area contributed by atoms with Crippen molar-refractivity contribution in [3.63, 3.8) is 0 Å². The van der Waals surface area contributed by atoms with Crippen molar-refractivity contribution in [2.24, 2.45) is 0 Å². The van der Waals surface area contributed by atoms with Crippen LogP contribution in [0.3, 0.4) is 0 Å². The van der Waals surface area contributed by atoms with Crippen molar-refractivity contribution in [1.29, 1.82) is 0 Å². The van der Waals surface area contributed by atoms with E-state index < -0.39 is 23.6 Å². The molecule has 5 heteroatoms. The Morgan fingerprint density at radius 3 is 2.53 bits per heavy atom. The standard InChI is InChI=1S/C10H9F2NO2/c11-7-1-5-3-9(10(14)15)13-4-6(5)2-8(7)12/h1-2,9,13H,3-4H2,(H,14,15)/t9-/m0/s1.